The van der Waals surface area contributed by atoms with Crippen molar-refractivity contribution >= 4 is 23.4 Å². The maximum absolute atomic E-state index is 12.9. The van der Waals surface area contributed by atoms with Gasteiger partial charge in [0.15, 0.2) is 0 Å². The standard InChI is InChI=1S/C25H31N3O3/c1-17(2)14-22(29)28-23(19-9-4-3-5-10-19)25(31)26-16-18-8-6-13-21(15-18)27-24(30)20-11-7-12-20/h3-6,8-10,13,15,17,20,23H,7,11-12,14,16H2,1-2H3,(H,26,31)(H,27,30)(H,28,29). The van der Waals surface area contributed by atoms with Gasteiger partial charge in [0, 0.05) is 24.6 Å². The van der Waals surface area contributed by atoms with Crippen LogP contribution < -0.4 is 16.0 Å². The molecule has 1 aliphatic carbocycles. The Morgan fingerprint density at radius 2 is 1.74 bits per heavy atom. The predicted octanol–water partition coefficient (Wildman–Crippen LogP) is 3.95. The average Bonchev–Trinajstić information content (AvgIpc) is 2.69. The van der Waals surface area contributed by atoms with Crippen LogP contribution in [-0.4, -0.2) is 17.7 Å². The molecule has 0 radical (unpaired) electrons. The number of rotatable bonds is 9. The van der Waals surface area contributed by atoms with Crippen molar-refractivity contribution in [2.24, 2.45) is 11.8 Å². The van der Waals surface area contributed by atoms with Crippen LogP contribution in [0, 0.1) is 11.8 Å². The highest BCUT2D eigenvalue weighted by Crippen LogP contribution is 2.27. The molecule has 6 heteroatoms. The van der Waals surface area contributed by atoms with Crippen LogP contribution in [0.4, 0.5) is 5.69 Å². The van der Waals surface area contributed by atoms with Crippen LogP contribution in [0.25, 0.3) is 0 Å². The highest BCUT2D eigenvalue weighted by atomic mass is 16.2. The molecule has 1 unspecified atom stereocenters. The van der Waals surface area contributed by atoms with Gasteiger partial charge in [-0.15, -0.1) is 0 Å². The van der Waals surface area contributed by atoms with Crippen LogP contribution in [0.1, 0.15) is 56.7 Å². The van der Waals surface area contributed by atoms with E-state index in [-0.39, 0.29) is 29.6 Å². The molecule has 0 spiro atoms. The third-order valence-electron chi connectivity index (χ3n) is 5.43. The van der Waals surface area contributed by atoms with E-state index in [0.29, 0.717) is 13.0 Å². The van der Waals surface area contributed by atoms with Gasteiger partial charge >= 0.3 is 0 Å². The molecule has 31 heavy (non-hydrogen) atoms. The SMILES string of the molecule is CC(C)CC(=O)NC(C(=O)NCc1cccc(NC(=O)C2CCC2)c1)c1ccccc1. The van der Waals surface area contributed by atoms with Gasteiger partial charge < -0.3 is 16.0 Å². The maximum atomic E-state index is 12.9. The number of carbonyl (C=O) groups is 3. The van der Waals surface area contributed by atoms with E-state index in [4.69, 9.17) is 0 Å². The number of nitrogens with one attached hydrogen (secondary N) is 3. The van der Waals surface area contributed by atoms with Crippen molar-refractivity contribution in [3.63, 3.8) is 0 Å². The van der Waals surface area contributed by atoms with Gasteiger partial charge in [0.2, 0.25) is 17.7 Å². The van der Waals surface area contributed by atoms with E-state index in [9.17, 15) is 14.4 Å². The second-order valence-corrected chi connectivity index (χ2v) is 8.54. The number of carbonyl (C=O) groups excluding carboxylic acids is 3. The summed E-state index contributed by atoms with van der Waals surface area (Å²) in [5.74, 6) is -0.0434. The summed E-state index contributed by atoms with van der Waals surface area (Å²) in [4.78, 5) is 37.4. The minimum atomic E-state index is -0.756. The molecule has 1 saturated carbocycles. The van der Waals surface area contributed by atoms with Gasteiger partial charge in [-0.25, -0.2) is 0 Å². The van der Waals surface area contributed by atoms with Crippen LogP contribution >= 0.6 is 0 Å². The van der Waals surface area contributed by atoms with Crippen molar-refractivity contribution in [2.75, 3.05) is 5.32 Å². The summed E-state index contributed by atoms with van der Waals surface area (Å²) in [6.07, 6.45) is 3.37. The molecule has 2 aromatic rings. The first kappa shape index (κ1) is 22.5. The van der Waals surface area contributed by atoms with E-state index in [2.05, 4.69) is 16.0 Å². The molecule has 3 amide bonds. The van der Waals surface area contributed by atoms with E-state index in [0.717, 1.165) is 36.1 Å². The Morgan fingerprint density at radius 3 is 2.39 bits per heavy atom. The Balaban J connectivity index is 1.62. The van der Waals surface area contributed by atoms with Gasteiger partial charge in [-0.3, -0.25) is 14.4 Å². The van der Waals surface area contributed by atoms with Gasteiger partial charge in [-0.2, -0.15) is 0 Å². The second kappa shape index (κ2) is 10.8. The summed E-state index contributed by atoms with van der Waals surface area (Å²) < 4.78 is 0. The van der Waals surface area contributed by atoms with Crippen molar-refractivity contribution in [1.82, 2.24) is 10.6 Å². The van der Waals surface area contributed by atoms with Crippen molar-refractivity contribution in [1.29, 1.82) is 0 Å². The second-order valence-electron chi connectivity index (χ2n) is 8.54. The fourth-order valence-corrected chi connectivity index (χ4v) is 3.50. The lowest BCUT2D eigenvalue weighted by Gasteiger charge is -2.24. The number of amides is 3. The van der Waals surface area contributed by atoms with Gasteiger partial charge in [-0.05, 0) is 42.0 Å². The third-order valence-corrected chi connectivity index (χ3v) is 5.43. The lowest BCUT2D eigenvalue weighted by Crippen LogP contribution is -2.40. The summed E-state index contributed by atoms with van der Waals surface area (Å²) in [6, 6.07) is 15.9. The summed E-state index contributed by atoms with van der Waals surface area (Å²) >= 11 is 0. The zero-order chi connectivity index (χ0) is 22.2. The Morgan fingerprint density at radius 1 is 1.00 bits per heavy atom. The van der Waals surface area contributed by atoms with Gasteiger partial charge in [-0.1, -0.05) is 62.7 Å². The largest absolute Gasteiger partial charge is 0.350 e. The Labute approximate surface area is 183 Å². The van der Waals surface area contributed by atoms with Gasteiger partial charge in [0.1, 0.15) is 6.04 Å². The summed E-state index contributed by atoms with van der Waals surface area (Å²) in [5, 5.41) is 8.73. The van der Waals surface area contributed by atoms with Crippen LogP contribution in [0.3, 0.4) is 0 Å². The number of hydrogen-bond donors (Lipinski definition) is 3. The molecule has 0 bridgehead atoms. The average molecular weight is 422 g/mol. The van der Waals surface area contributed by atoms with Crippen molar-refractivity contribution in [2.45, 2.75) is 52.1 Å². The molecule has 0 heterocycles. The molecular formula is C25H31N3O3. The van der Waals surface area contributed by atoms with Crippen molar-refractivity contribution in [3.05, 3.63) is 65.7 Å². The number of anilines is 1. The fourth-order valence-electron chi connectivity index (χ4n) is 3.50. The molecule has 164 valence electrons. The number of benzene rings is 2. The number of hydrogen-bond acceptors (Lipinski definition) is 3. The zero-order valence-corrected chi connectivity index (χ0v) is 18.2. The summed E-state index contributed by atoms with van der Waals surface area (Å²) in [6.45, 7) is 4.23. The Hall–Kier alpha value is -3.15. The lowest BCUT2D eigenvalue weighted by molar-refractivity contribution is -0.129. The first-order chi connectivity index (χ1) is 14.9. The molecule has 1 fully saturated rings. The Bertz CT molecular complexity index is 907. The van der Waals surface area contributed by atoms with Gasteiger partial charge in [0.05, 0.1) is 0 Å². The molecule has 3 rings (SSSR count). The quantitative estimate of drug-likeness (QED) is 0.573. The van der Waals surface area contributed by atoms with Crippen LogP contribution in [0.2, 0.25) is 0 Å². The van der Waals surface area contributed by atoms with E-state index in [1.54, 1.807) is 0 Å². The van der Waals surface area contributed by atoms with E-state index in [1.165, 1.54) is 0 Å². The first-order valence-corrected chi connectivity index (χ1v) is 10.9. The first-order valence-electron chi connectivity index (χ1n) is 10.9. The highest BCUT2D eigenvalue weighted by molar-refractivity contribution is 5.93. The predicted molar refractivity (Wildman–Crippen MR) is 121 cm³/mol. The lowest BCUT2D eigenvalue weighted by atomic mass is 9.85. The molecule has 0 aliphatic heterocycles. The Kier molecular flexibility index (Phi) is 7.82. The van der Waals surface area contributed by atoms with E-state index < -0.39 is 6.04 Å². The monoisotopic (exact) mass is 421 g/mol. The highest BCUT2D eigenvalue weighted by Gasteiger charge is 2.25. The topological polar surface area (TPSA) is 87.3 Å². The van der Waals surface area contributed by atoms with Crippen molar-refractivity contribution in [3.8, 4) is 0 Å². The van der Waals surface area contributed by atoms with Crippen LogP contribution in [-0.2, 0) is 20.9 Å². The molecular weight excluding hydrogens is 390 g/mol. The van der Waals surface area contributed by atoms with Gasteiger partial charge in [0.25, 0.3) is 0 Å². The summed E-state index contributed by atoms with van der Waals surface area (Å²) in [7, 11) is 0. The van der Waals surface area contributed by atoms with Crippen LogP contribution in [0.15, 0.2) is 54.6 Å². The molecule has 6 nitrogen and oxygen atoms in total. The molecule has 0 aromatic heterocycles. The van der Waals surface area contributed by atoms with E-state index >= 15 is 0 Å². The molecule has 1 aliphatic rings. The zero-order valence-electron chi connectivity index (χ0n) is 18.2. The minimum Gasteiger partial charge on any atom is -0.350 e. The normalized spacial score (nSPS) is 14.4. The van der Waals surface area contributed by atoms with Crippen molar-refractivity contribution < 1.29 is 14.4 Å². The minimum absolute atomic E-state index is 0.0597. The molecule has 3 N–H and O–H groups in total. The summed E-state index contributed by atoms with van der Waals surface area (Å²) in [5.41, 5.74) is 2.34. The van der Waals surface area contributed by atoms with Crippen LogP contribution in [0.5, 0.6) is 0 Å². The smallest absolute Gasteiger partial charge is 0.247 e. The molecule has 0 saturated heterocycles. The maximum Gasteiger partial charge on any atom is 0.247 e. The molecule has 1 atom stereocenters. The third kappa shape index (κ3) is 6.67. The fraction of sp³-hybridized carbons (Fsp3) is 0.400. The molecule has 2 aromatic carbocycles. The van der Waals surface area contributed by atoms with E-state index in [1.807, 2.05) is 68.4 Å².